The molecule has 2 aromatic heterocycles. The Morgan fingerprint density at radius 2 is 1.85 bits per heavy atom. The first-order valence-corrected chi connectivity index (χ1v) is 18.1. The molecule has 244 valence electrons. The number of ether oxygens (including phenoxy) is 1. The molecule has 0 bridgehead atoms. The zero-order valence-electron chi connectivity index (χ0n) is 25.3. The monoisotopic (exact) mass is 671 g/mol. The Bertz CT molecular complexity index is 1880. The summed E-state index contributed by atoms with van der Waals surface area (Å²) in [7, 11) is -3.79. The molecule has 0 spiro atoms. The summed E-state index contributed by atoms with van der Waals surface area (Å²) < 4.78 is 90.5. The third kappa shape index (κ3) is 6.79. The maximum absolute atomic E-state index is 15.1. The van der Waals surface area contributed by atoms with Crippen molar-refractivity contribution in [2.45, 2.75) is 70.6 Å². The average molecular weight is 672 g/mol. The van der Waals surface area contributed by atoms with Crippen molar-refractivity contribution >= 4 is 32.7 Å². The van der Waals surface area contributed by atoms with Crippen molar-refractivity contribution in [1.29, 1.82) is 0 Å². The zero-order valence-corrected chi connectivity index (χ0v) is 26.9. The van der Waals surface area contributed by atoms with Crippen LogP contribution in [0.2, 0.25) is 0 Å². The Hall–Kier alpha value is -3.88. The molecule has 14 heteroatoms. The minimum Gasteiger partial charge on any atom is -0.454 e. The van der Waals surface area contributed by atoms with Gasteiger partial charge in [0.2, 0.25) is 10.0 Å². The fourth-order valence-electron chi connectivity index (χ4n) is 6.37. The van der Waals surface area contributed by atoms with Crippen LogP contribution in [0.1, 0.15) is 74.7 Å². The molecule has 0 aliphatic heterocycles. The lowest BCUT2D eigenvalue weighted by Crippen LogP contribution is -2.19. The molecule has 2 aliphatic carbocycles. The van der Waals surface area contributed by atoms with Gasteiger partial charge in [0.15, 0.2) is 11.6 Å². The fourth-order valence-corrected chi connectivity index (χ4v) is 7.39. The van der Waals surface area contributed by atoms with Gasteiger partial charge in [0.1, 0.15) is 11.6 Å². The maximum Gasteiger partial charge on any atom is 0.259 e. The quantitative estimate of drug-likeness (QED) is 0.151. The first-order chi connectivity index (χ1) is 22.1. The number of hydrogen-bond donors (Lipinski definition) is 3. The number of fused-ring (bicyclic) bond motifs is 1. The van der Waals surface area contributed by atoms with Gasteiger partial charge in [0.05, 0.1) is 28.5 Å². The first kappa shape index (κ1) is 32.1. The molecule has 6 rings (SSSR count). The zero-order chi connectivity index (χ0) is 32.4. The van der Waals surface area contributed by atoms with E-state index in [9.17, 15) is 21.6 Å². The Morgan fingerprint density at radius 1 is 1.07 bits per heavy atom. The third-order valence-electron chi connectivity index (χ3n) is 8.56. The SMILES string of the molecule is CCS(=O)(=O)Nc1cc(-c2c3c(nc(C4CCCCC4)c2NS(=O)O)CCCC3)c(Oc2ccc(F)cc2F)cc1-n1cccn1. The van der Waals surface area contributed by atoms with Crippen LogP contribution >= 0.6 is 0 Å². The van der Waals surface area contributed by atoms with Crippen LogP contribution in [-0.2, 0) is 34.1 Å². The van der Waals surface area contributed by atoms with Gasteiger partial charge in [0, 0.05) is 47.3 Å². The normalized spacial score (nSPS) is 16.1. The van der Waals surface area contributed by atoms with Gasteiger partial charge >= 0.3 is 0 Å². The number of hydrogen-bond acceptors (Lipinski definition) is 6. The van der Waals surface area contributed by atoms with E-state index in [1.54, 1.807) is 18.3 Å². The Kier molecular flexibility index (Phi) is 9.39. The highest BCUT2D eigenvalue weighted by Crippen LogP contribution is 2.49. The van der Waals surface area contributed by atoms with E-state index in [0.717, 1.165) is 62.3 Å². The fraction of sp³-hybridized carbons (Fsp3) is 0.375. The highest BCUT2D eigenvalue weighted by molar-refractivity contribution is 7.92. The van der Waals surface area contributed by atoms with Crippen LogP contribution in [0, 0.1) is 11.6 Å². The van der Waals surface area contributed by atoms with Crippen LogP contribution in [0.4, 0.5) is 20.2 Å². The third-order valence-corrected chi connectivity index (χ3v) is 10.2. The number of aromatic nitrogens is 3. The molecule has 0 radical (unpaired) electrons. The number of aryl methyl sites for hydroxylation is 1. The second-order valence-electron chi connectivity index (χ2n) is 11.6. The molecular weight excluding hydrogens is 637 g/mol. The molecule has 1 fully saturated rings. The number of benzene rings is 2. The number of anilines is 2. The van der Waals surface area contributed by atoms with Gasteiger partial charge < -0.3 is 4.74 Å². The van der Waals surface area contributed by atoms with E-state index in [-0.39, 0.29) is 28.9 Å². The smallest absolute Gasteiger partial charge is 0.259 e. The Balaban J connectivity index is 1.69. The average Bonchev–Trinajstić information content (AvgIpc) is 3.58. The molecule has 46 heavy (non-hydrogen) atoms. The molecule has 2 aromatic carbocycles. The van der Waals surface area contributed by atoms with E-state index < -0.39 is 32.9 Å². The minimum absolute atomic E-state index is 0.0334. The van der Waals surface area contributed by atoms with E-state index in [4.69, 9.17) is 9.72 Å². The molecule has 4 aromatic rings. The Morgan fingerprint density at radius 3 is 2.54 bits per heavy atom. The number of nitrogens with zero attached hydrogens (tertiary/aromatic N) is 3. The van der Waals surface area contributed by atoms with E-state index in [0.29, 0.717) is 47.1 Å². The first-order valence-electron chi connectivity index (χ1n) is 15.4. The van der Waals surface area contributed by atoms with E-state index in [2.05, 4.69) is 14.5 Å². The van der Waals surface area contributed by atoms with E-state index >= 15 is 4.39 Å². The predicted octanol–water partition coefficient (Wildman–Crippen LogP) is 7.24. The number of pyridine rings is 1. The van der Waals surface area contributed by atoms with Crippen molar-refractivity contribution in [3.05, 3.63) is 77.4 Å². The molecule has 1 saturated carbocycles. The summed E-state index contributed by atoms with van der Waals surface area (Å²) in [5.41, 5.74) is 4.06. The van der Waals surface area contributed by atoms with Crippen LogP contribution < -0.4 is 14.2 Å². The number of nitrogens with one attached hydrogen (secondary N) is 2. The highest BCUT2D eigenvalue weighted by atomic mass is 32.2. The lowest BCUT2D eigenvalue weighted by Gasteiger charge is -2.30. The lowest BCUT2D eigenvalue weighted by atomic mass is 9.81. The summed E-state index contributed by atoms with van der Waals surface area (Å²) >= 11 is -2.48. The van der Waals surface area contributed by atoms with Crippen molar-refractivity contribution in [2.75, 3.05) is 15.2 Å². The van der Waals surface area contributed by atoms with Gasteiger partial charge in [0.25, 0.3) is 11.3 Å². The van der Waals surface area contributed by atoms with Crippen LogP contribution in [0.25, 0.3) is 16.8 Å². The van der Waals surface area contributed by atoms with Gasteiger partial charge in [-0.2, -0.15) is 5.10 Å². The van der Waals surface area contributed by atoms with Crippen molar-refractivity contribution in [3.8, 4) is 28.3 Å². The summed E-state index contributed by atoms with van der Waals surface area (Å²) in [6.45, 7) is 1.51. The van der Waals surface area contributed by atoms with E-state index in [1.807, 2.05) is 0 Å². The highest BCUT2D eigenvalue weighted by Gasteiger charge is 2.31. The molecule has 10 nitrogen and oxygen atoms in total. The molecule has 0 amide bonds. The van der Waals surface area contributed by atoms with Gasteiger partial charge in [-0.1, -0.05) is 19.3 Å². The lowest BCUT2D eigenvalue weighted by molar-refractivity contribution is 0.435. The summed E-state index contributed by atoms with van der Waals surface area (Å²) in [5.74, 6) is -2.03. The van der Waals surface area contributed by atoms with Crippen LogP contribution in [0.5, 0.6) is 11.5 Å². The molecule has 2 aliphatic rings. The van der Waals surface area contributed by atoms with Crippen molar-refractivity contribution in [1.82, 2.24) is 14.8 Å². The van der Waals surface area contributed by atoms with Gasteiger partial charge in [-0.05, 0) is 75.3 Å². The maximum atomic E-state index is 15.1. The van der Waals surface area contributed by atoms with Crippen LogP contribution in [0.3, 0.4) is 0 Å². The number of sulfonamides is 1. The molecule has 1 atom stereocenters. The van der Waals surface area contributed by atoms with Crippen molar-refractivity contribution < 1.29 is 30.7 Å². The van der Waals surface area contributed by atoms with Gasteiger partial charge in [-0.15, -0.1) is 0 Å². The van der Waals surface area contributed by atoms with E-state index in [1.165, 1.54) is 29.9 Å². The molecule has 2 heterocycles. The standard InChI is InChI=1S/C32H35F2N5O5S2/c1-2-46(42,43)38-26-18-23(29(19-27(26)39-16-8-15-35-39)44-28-14-13-21(33)17-24(28)34)30-22-11-6-7-12-25(22)36-31(32(30)37-45(40)41)20-9-4-3-5-10-20/h8,13-20,37-38H,2-7,9-12H2,1H3,(H,40,41). The molecule has 0 saturated heterocycles. The van der Waals surface area contributed by atoms with Gasteiger partial charge in [-0.25, -0.2) is 26.1 Å². The van der Waals surface area contributed by atoms with Crippen molar-refractivity contribution in [2.24, 2.45) is 0 Å². The van der Waals surface area contributed by atoms with Crippen LogP contribution in [0.15, 0.2) is 48.8 Å². The summed E-state index contributed by atoms with van der Waals surface area (Å²) in [4.78, 5) is 5.09. The minimum atomic E-state index is -3.79. The topological polar surface area (TPSA) is 135 Å². The molecule has 1 unspecified atom stereocenters. The van der Waals surface area contributed by atoms with Crippen LogP contribution in [-0.4, -0.2) is 37.7 Å². The Labute approximate surface area is 269 Å². The van der Waals surface area contributed by atoms with Gasteiger partial charge in [-0.3, -0.25) is 19.0 Å². The largest absolute Gasteiger partial charge is 0.454 e. The number of rotatable bonds is 10. The summed E-state index contributed by atoms with van der Waals surface area (Å²) in [6, 6.07) is 7.75. The second-order valence-corrected chi connectivity index (χ2v) is 14.3. The van der Waals surface area contributed by atoms with Crippen molar-refractivity contribution in [3.63, 3.8) is 0 Å². The summed E-state index contributed by atoms with van der Waals surface area (Å²) in [6.07, 6.45) is 11.1. The second kappa shape index (κ2) is 13.5. The molecular formula is C32H35F2N5O5S2. The predicted molar refractivity (Wildman–Crippen MR) is 173 cm³/mol. The summed E-state index contributed by atoms with van der Waals surface area (Å²) in [5, 5.41) is 4.29. The molecule has 3 N–H and O–H groups in total. The number of halogens is 2.